The van der Waals surface area contributed by atoms with Crippen LogP contribution in [0.1, 0.15) is 36.4 Å². The number of thioether (sulfide) groups is 1. The van der Waals surface area contributed by atoms with Crippen LogP contribution >= 0.6 is 11.8 Å². The van der Waals surface area contributed by atoms with E-state index in [-0.39, 0.29) is 11.4 Å². The van der Waals surface area contributed by atoms with Gasteiger partial charge in [0.2, 0.25) is 0 Å². The molecule has 1 saturated heterocycles. The molecule has 1 amide bonds. The Morgan fingerprint density at radius 2 is 1.81 bits per heavy atom. The molecular formula is C26H29N3O2S. The van der Waals surface area contributed by atoms with Crippen molar-refractivity contribution in [3.8, 4) is 11.4 Å². The molecular weight excluding hydrogens is 418 g/mol. The van der Waals surface area contributed by atoms with Crippen LogP contribution in [0.25, 0.3) is 11.8 Å². The minimum Gasteiger partial charge on any atom is -0.494 e. The Kier molecular flexibility index (Phi) is 6.61. The van der Waals surface area contributed by atoms with E-state index in [2.05, 4.69) is 78.4 Å². The SMILES string of the molecule is CCOc1ccc(-n2c(C)cc(/C=C3\S[C@H](Nc4ccc(CC)cc4)NC3=O)c2C)cc1. The van der Waals surface area contributed by atoms with Crippen LogP contribution in [0.15, 0.2) is 59.5 Å². The van der Waals surface area contributed by atoms with Gasteiger partial charge >= 0.3 is 0 Å². The van der Waals surface area contributed by atoms with Gasteiger partial charge in [-0.2, -0.15) is 0 Å². The van der Waals surface area contributed by atoms with Gasteiger partial charge in [0.25, 0.3) is 5.91 Å². The number of amides is 1. The number of nitrogens with zero attached hydrogens (tertiary/aromatic N) is 1. The number of rotatable bonds is 7. The maximum Gasteiger partial charge on any atom is 0.260 e. The standard InChI is InChI=1S/C26H29N3O2S/c1-5-19-7-9-21(10-8-19)27-26-28-25(30)24(32-26)16-20-15-17(3)29(18(20)4)22-11-13-23(14-12-22)31-6-2/h7-16,26-27H,5-6H2,1-4H3,(H,28,30)/b24-16-/t26-/m1/s1. The summed E-state index contributed by atoms with van der Waals surface area (Å²) in [6.45, 7) is 8.93. The van der Waals surface area contributed by atoms with Gasteiger partial charge < -0.3 is 19.9 Å². The van der Waals surface area contributed by atoms with Crippen LogP contribution in [0.3, 0.4) is 0 Å². The monoisotopic (exact) mass is 447 g/mol. The molecule has 32 heavy (non-hydrogen) atoms. The van der Waals surface area contributed by atoms with Crippen molar-refractivity contribution < 1.29 is 9.53 Å². The predicted octanol–water partition coefficient (Wildman–Crippen LogP) is 5.65. The van der Waals surface area contributed by atoms with Crippen molar-refractivity contribution in [2.24, 2.45) is 0 Å². The summed E-state index contributed by atoms with van der Waals surface area (Å²) in [5, 5.41) is 6.40. The van der Waals surface area contributed by atoms with Crippen molar-refractivity contribution in [1.82, 2.24) is 9.88 Å². The minimum absolute atomic E-state index is 0.0523. The number of aryl methyl sites for hydroxylation is 2. The van der Waals surface area contributed by atoms with Crippen LogP contribution in [-0.2, 0) is 11.2 Å². The van der Waals surface area contributed by atoms with Gasteiger partial charge in [-0.3, -0.25) is 4.79 Å². The molecule has 2 aromatic carbocycles. The quantitative estimate of drug-likeness (QED) is 0.459. The average molecular weight is 448 g/mol. The van der Waals surface area contributed by atoms with Crippen molar-refractivity contribution in [3.05, 3.63) is 82.0 Å². The van der Waals surface area contributed by atoms with Crippen molar-refractivity contribution in [1.29, 1.82) is 0 Å². The van der Waals surface area contributed by atoms with E-state index >= 15 is 0 Å². The molecule has 0 radical (unpaired) electrons. The summed E-state index contributed by atoms with van der Waals surface area (Å²) in [6.07, 6.45) is 2.99. The Labute approximate surface area is 193 Å². The fourth-order valence-corrected chi connectivity index (χ4v) is 4.86. The third-order valence-electron chi connectivity index (χ3n) is 5.55. The first-order valence-electron chi connectivity index (χ1n) is 11.0. The zero-order chi connectivity index (χ0) is 22.7. The summed E-state index contributed by atoms with van der Waals surface area (Å²) in [6, 6.07) is 18.5. The Bertz CT molecular complexity index is 1130. The Morgan fingerprint density at radius 1 is 1.09 bits per heavy atom. The summed E-state index contributed by atoms with van der Waals surface area (Å²) in [5.41, 5.74) is 6.44. The molecule has 5 nitrogen and oxygen atoms in total. The lowest BCUT2D eigenvalue weighted by molar-refractivity contribution is -0.116. The van der Waals surface area contributed by atoms with E-state index in [1.807, 2.05) is 25.1 Å². The molecule has 1 fully saturated rings. The number of nitrogens with one attached hydrogen (secondary N) is 2. The first-order valence-corrected chi connectivity index (χ1v) is 11.8. The molecule has 166 valence electrons. The van der Waals surface area contributed by atoms with Gasteiger partial charge in [-0.1, -0.05) is 30.8 Å². The van der Waals surface area contributed by atoms with Gasteiger partial charge in [-0.15, -0.1) is 0 Å². The van der Waals surface area contributed by atoms with Gasteiger partial charge in [0.1, 0.15) is 5.75 Å². The van der Waals surface area contributed by atoms with Crippen LogP contribution in [0.2, 0.25) is 0 Å². The van der Waals surface area contributed by atoms with Crippen LogP contribution in [-0.4, -0.2) is 22.6 Å². The molecule has 0 unspecified atom stereocenters. The highest BCUT2D eigenvalue weighted by molar-refractivity contribution is 8.05. The number of carbonyl (C=O) groups excluding carboxylic acids is 1. The summed E-state index contributed by atoms with van der Waals surface area (Å²) < 4.78 is 7.75. The lowest BCUT2D eigenvalue weighted by Gasteiger charge is -2.12. The van der Waals surface area contributed by atoms with E-state index < -0.39 is 0 Å². The number of carbonyl (C=O) groups is 1. The first-order chi connectivity index (χ1) is 15.5. The first kappa shape index (κ1) is 22.1. The lowest BCUT2D eigenvalue weighted by atomic mass is 10.1. The largest absolute Gasteiger partial charge is 0.494 e. The molecule has 0 saturated carbocycles. The number of ether oxygens (including phenoxy) is 1. The maximum absolute atomic E-state index is 12.6. The topological polar surface area (TPSA) is 55.3 Å². The van der Waals surface area contributed by atoms with Crippen LogP contribution in [0.4, 0.5) is 5.69 Å². The average Bonchev–Trinajstić information content (AvgIpc) is 3.27. The summed E-state index contributed by atoms with van der Waals surface area (Å²) in [7, 11) is 0. The lowest BCUT2D eigenvalue weighted by Crippen LogP contribution is -2.30. The van der Waals surface area contributed by atoms with Crippen molar-refractivity contribution in [3.63, 3.8) is 0 Å². The van der Waals surface area contributed by atoms with Crippen LogP contribution in [0.5, 0.6) is 5.75 Å². The number of aromatic nitrogens is 1. The fraction of sp³-hybridized carbons (Fsp3) is 0.269. The number of benzene rings is 2. The second kappa shape index (κ2) is 9.57. The van der Waals surface area contributed by atoms with E-state index in [4.69, 9.17) is 4.74 Å². The molecule has 1 aliphatic rings. The van der Waals surface area contributed by atoms with Crippen molar-refractivity contribution >= 4 is 29.4 Å². The molecule has 6 heteroatoms. The maximum atomic E-state index is 12.6. The summed E-state index contributed by atoms with van der Waals surface area (Å²) in [4.78, 5) is 13.3. The third-order valence-corrected chi connectivity index (χ3v) is 6.58. The van der Waals surface area contributed by atoms with E-state index in [0.717, 1.165) is 40.5 Å². The molecule has 0 aliphatic carbocycles. The predicted molar refractivity (Wildman–Crippen MR) is 133 cm³/mol. The van der Waals surface area contributed by atoms with Crippen LogP contribution < -0.4 is 15.4 Å². The van der Waals surface area contributed by atoms with E-state index in [9.17, 15) is 4.79 Å². The number of hydrogen-bond acceptors (Lipinski definition) is 4. The molecule has 1 aliphatic heterocycles. The second-order valence-electron chi connectivity index (χ2n) is 7.76. The zero-order valence-corrected chi connectivity index (χ0v) is 19.8. The highest BCUT2D eigenvalue weighted by atomic mass is 32.2. The zero-order valence-electron chi connectivity index (χ0n) is 18.9. The van der Waals surface area contributed by atoms with Gasteiger partial charge in [-0.05, 0) is 86.9 Å². The number of anilines is 1. The Balaban J connectivity index is 1.52. The van der Waals surface area contributed by atoms with E-state index in [1.165, 1.54) is 17.3 Å². The van der Waals surface area contributed by atoms with Gasteiger partial charge in [-0.25, -0.2) is 0 Å². The molecule has 0 bridgehead atoms. The van der Waals surface area contributed by atoms with Crippen molar-refractivity contribution in [2.45, 2.75) is 39.6 Å². The molecule has 3 aromatic rings. The molecule has 1 atom stereocenters. The minimum atomic E-state index is -0.184. The van der Waals surface area contributed by atoms with Gasteiger partial charge in [0.15, 0.2) is 5.50 Å². The normalized spacial score (nSPS) is 16.9. The number of hydrogen-bond donors (Lipinski definition) is 2. The smallest absolute Gasteiger partial charge is 0.260 e. The van der Waals surface area contributed by atoms with Gasteiger partial charge in [0.05, 0.1) is 11.5 Å². The van der Waals surface area contributed by atoms with Crippen LogP contribution in [0, 0.1) is 13.8 Å². The Morgan fingerprint density at radius 3 is 2.47 bits per heavy atom. The van der Waals surface area contributed by atoms with Gasteiger partial charge in [0, 0.05) is 22.8 Å². The van der Waals surface area contributed by atoms with Crippen molar-refractivity contribution in [2.75, 3.05) is 11.9 Å². The van der Waals surface area contributed by atoms with E-state index in [0.29, 0.717) is 11.5 Å². The molecule has 4 rings (SSSR count). The molecule has 2 N–H and O–H groups in total. The molecule has 1 aromatic heterocycles. The summed E-state index contributed by atoms with van der Waals surface area (Å²) >= 11 is 1.51. The highest BCUT2D eigenvalue weighted by Crippen LogP contribution is 2.32. The van der Waals surface area contributed by atoms with E-state index in [1.54, 1.807) is 0 Å². The molecule has 0 spiro atoms. The summed E-state index contributed by atoms with van der Waals surface area (Å²) in [5.74, 6) is 0.812. The second-order valence-corrected chi connectivity index (χ2v) is 8.91. The fourth-order valence-electron chi connectivity index (χ4n) is 3.88. The third kappa shape index (κ3) is 4.70. The Hall–Kier alpha value is -3.12. The highest BCUT2D eigenvalue weighted by Gasteiger charge is 2.27. The molecule has 2 heterocycles.